The number of fused-ring (bicyclic) bond motifs is 3. The zero-order valence-corrected chi connectivity index (χ0v) is 21.2. The van der Waals surface area contributed by atoms with Crippen LogP contribution in [0.3, 0.4) is 0 Å². The van der Waals surface area contributed by atoms with E-state index in [4.69, 9.17) is 9.47 Å². The summed E-state index contributed by atoms with van der Waals surface area (Å²) in [5.74, 6) is 0.459. The van der Waals surface area contributed by atoms with Crippen molar-refractivity contribution in [2.75, 3.05) is 7.11 Å². The van der Waals surface area contributed by atoms with Gasteiger partial charge in [-0.15, -0.1) is 0 Å². The van der Waals surface area contributed by atoms with Gasteiger partial charge in [0.1, 0.15) is 11.9 Å². The minimum atomic E-state index is -0.646. The van der Waals surface area contributed by atoms with E-state index in [1.54, 1.807) is 13.2 Å². The lowest BCUT2D eigenvalue weighted by Gasteiger charge is -2.39. The van der Waals surface area contributed by atoms with Crippen LogP contribution in [0.1, 0.15) is 29.2 Å². The average molecular weight is 490 g/mol. The summed E-state index contributed by atoms with van der Waals surface area (Å²) in [7, 11) is 1.66. The van der Waals surface area contributed by atoms with Crippen LogP contribution in [0.15, 0.2) is 116 Å². The van der Waals surface area contributed by atoms with Gasteiger partial charge in [-0.2, -0.15) is 0 Å². The van der Waals surface area contributed by atoms with Crippen molar-refractivity contribution < 1.29 is 14.3 Å². The molecule has 0 aliphatic heterocycles. The molecule has 4 nitrogen and oxygen atoms in total. The Hall–Kier alpha value is -4.15. The molecule has 4 aromatic rings. The monoisotopic (exact) mass is 489 g/mol. The number of carbonyl (C=O) groups excluding carboxylic acids is 1. The molecule has 0 heterocycles. The first-order valence-corrected chi connectivity index (χ1v) is 12.5. The van der Waals surface area contributed by atoms with Crippen LogP contribution in [0.5, 0.6) is 5.75 Å². The summed E-state index contributed by atoms with van der Waals surface area (Å²) < 4.78 is 11.2. The van der Waals surface area contributed by atoms with E-state index in [1.165, 1.54) is 29.2 Å². The van der Waals surface area contributed by atoms with E-state index in [0.717, 1.165) is 16.9 Å². The molecular formula is C33H31NO3. The van der Waals surface area contributed by atoms with Gasteiger partial charge < -0.3 is 9.47 Å². The fraction of sp³-hybridized carbons (Fsp3) is 0.182. The maximum atomic E-state index is 12.1. The van der Waals surface area contributed by atoms with E-state index in [9.17, 15) is 4.79 Å². The van der Waals surface area contributed by atoms with Gasteiger partial charge in [0.05, 0.1) is 18.7 Å². The predicted molar refractivity (Wildman–Crippen MR) is 148 cm³/mol. The van der Waals surface area contributed by atoms with Crippen LogP contribution in [0, 0.1) is 0 Å². The smallest absolute Gasteiger partial charge is 0.303 e. The van der Waals surface area contributed by atoms with E-state index >= 15 is 0 Å². The van der Waals surface area contributed by atoms with E-state index in [0.29, 0.717) is 6.42 Å². The molecule has 0 bridgehead atoms. The number of hydrogen-bond acceptors (Lipinski definition) is 4. The number of esters is 1. The number of benzene rings is 4. The van der Waals surface area contributed by atoms with Crippen molar-refractivity contribution in [2.24, 2.45) is 0 Å². The van der Waals surface area contributed by atoms with Gasteiger partial charge in [-0.25, -0.2) is 0 Å². The molecule has 4 heteroatoms. The quantitative estimate of drug-likeness (QED) is 0.222. The maximum absolute atomic E-state index is 12.1. The highest BCUT2D eigenvalue weighted by atomic mass is 16.5. The molecule has 2 atom stereocenters. The van der Waals surface area contributed by atoms with Gasteiger partial charge in [-0.3, -0.25) is 10.1 Å². The van der Waals surface area contributed by atoms with Crippen LogP contribution in [-0.4, -0.2) is 25.2 Å². The van der Waals surface area contributed by atoms with Crippen LogP contribution in [-0.2, 0) is 21.5 Å². The second-order valence-electron chi connectivity index (χ2n) is 9.32. The van der Waals surface area contributed by atoms with Crippen molar-refractivity contribution in [3.05, 3.63) is 138 Å². The van der Waals surface area contributed by atoms with Gasteiger partial charge in [0.15, 0.2) is 0 Å². The number of hydrogen-bond donors (Lipinski definition) is 1. The Kier molecular flexibility index (Phi) is 6.93. The zero-order valence-electron chi connectivity index (χ0n) is 21.2. The van der Waals surface area contributed by atoms with E-state index in [2.05, 4.69) is 84.7 Å². The van der Waals surface area contributed by atoms with Crippen LogP contribution in [0.2, 0.25) is 0 Å². The molecule has 0 saturated heterocycles. The Labute approximate surface area is 218 Å². The van der Waals surface area contributed by atoms with Gasteiger partial charge in [0.2, 0.25) is 0 Å². The molecule has 5 rings (SSSR count). The minimum Gasteiger partial charge on any atom is -0.497 e. The molecule has 1 aliphatic carbocycles. The largest absolute Gasteiger partial charge is 0.497 e. The molecule has 1 aliphatic rings. The number of nitrogens with one attached hydrogen (secondary N) is 1. The second kappa shape index (κ2) is 10.5. The summed E-state index contributed by atoms with van der Waals surface area (Å²) in [6.07, 6.45) is 1.79. The van der Waals surface area contributed by atoms with E-state index in [-0.39, 0.29) is 12.0 Å². The van der Waals surface area contributed by atoms with Crippen molar-refractivity contribution in [2.45, 2.75) is 31.0 Å². The Balaban J connectivity index is 1.68. The molecule has 0 spiro atoms. The summed E-state index contributed by atoms with van der Waals surface area (Å²) in [4.78, 5) is 12.1. The lowest BCUT2D eigenvalue weighted by molar-refractivity contribution is -0.145. The molecule has 0 saturated carbocycles. The van der Waals surface area contributed by atoms with Crippen LogP contribution in [0.25, 0.3) is 11.1 Å². The lowest BCUT2D eigenvalue weighted by atomic mass is 9.79. The molecule has 4 aromatic carbocycles. The number of rotatable bonds is 9. The summed E-state index contributed by atoms with van der Waals surface area (Å²) in [5.41, 5.74) is 6.31. The molecule has 1 N–H and O–H groups in total. The van der Waals surface area contributed by atoms with E-state index < -0.39 is 11.6 Å². The molecule has 0 fully saturated rings. The van der Waals surface area contributed by atoms with Gasteiger partial charge in [0, 0.05) is 6.92 Å². The first kappa shape index (κ1) is 24.5. The summed E-state index contributed by atoms with van der Waals surface area (Å²) in [6, 6.07) is 35.3. The third kappa shape index (κ3) is 4.56. The first-order valence-electron chi connectivity index (χ1n) is 12.5. The van der Waals surface area contributed by atoms with Crippen molar-refractivity contribution in [1.82, 2.24) is 5.32 Å². The van der Waals surface area contributed by atoms with Gasteiger partial charge in [-0.1, -0.05) is 97.6 Å². The minimum absolute atomic E-state index is 0.269. The molecule has 0 amide bonds. The number of ether oxygens (including phenoxy) is 2. The molecule has 186 valence electrons. The first-order chi connectivity index (χ1) is 18.1. The van der Waals surface area contributed by atoms with E-state index in [1.807, 2.05) is 30.3 Å². The van der Waals surface area contributed by atoms with Crippen LogP contribution in [0.4, 0.5) is 0 Å². The Morgan fingerprint density at radius 3 is 1.97 bits per heavy atom. The standard InChI is InChI=1S/C33H31NO3/c1-4-32(37-23(2)35)31(22-24-18-20-26(36-3)21-19-24)34-33(25-12-6-5-7-13-25)29-16-10-8-14-27(29)28-15-9-11-17-30(28)33/h4-21,31-32,34H,1,22H2,2-3H3/t31-,32+/m1/s1. The fourth-order valence-corrected chi connectivity index (χ4v) is 5.50. The van der Waals surface area contributed by atoms with Crippen molar-refractivity contribution in [3.8, 4) is 16.9 Å². The van der Waals surface area contributed by atoms with Gasteiger partial charge in [0.25, 0.3) is 0 Å². The Morgan fingerprint density at radius 1 is 0.865 bits per heavy atom. The SMILES string of the molecule is C=C[C@H](OC(C)=O)[C@@H](Cc1ccc(OC)cc1)NC1(c2ccccc2)c2ccccc2-c2ccccc21. The number of carbonyl (C=O) groups is 1. The van der Waals surface area contributed by atoms with Crippen molar-refractivity contribution in [3.63, 3.8) is 0 Å². The zero-order chi connectivity index (χ0) is 25.8. The average Bonchev–Trinajstić information content (AvgIpc) is 3.23. The maximum Gasteiger partial charge on any atom is 0.303 e. The molecule has 37 heavy (non-hydrogen) atoms. The van der Waals surface area contributed by atoms with Crippen molar-refractivity contribution >= 4 is 5.97 Å². The highest BCUT2D eigenvalue weighted by Crippen LogP contribution is 2.51. The third-order valence-electron chi connectivity index (χ3n) is 7.11. The second-order valence-corrected chi connectivity index (χ2v) is 9.32. The summed E-state index contributed by atoms with van der Waals surface area (Å²) in [6.45, 7) is 5.46. The molecule has 0 aromatic heterocycles. The lowest BCUT2D eigenvalue weighted by Crippen LogP contribution is -2.54. The number of methoxy groups -OCH3 is 1. The predicted octanol–water partition coefficient (Wildman–Crippen LogP) is 6.29. The van der Waals surface area contributed by atoms with Crippen LogP contribution >= 0.6 is 0 Å². The topological polar surface area (TPSA) is 47.6 Å². The third-order valence-corrected chi connectivity index (χ3v) is 7.11. The Bertz CT molecular complexity index is 1350. The summed E-state index contributed by atoms with van der Waals surface area (Å²) in [5, 5.41) is 4.01. The molecular weight excluding hydrogens is 458 g/mol. The summed E-state index contributed by atoms with van der Waals surface area (Å²) >= 11 is 0. The molecule has 0 radical (unpaired) electrons. The Morgan fingerprint density at radius 2 is 1.43 bits per heavy atom. The fourth-order valence-electron chi connectivity index (χ4n) is 5.50. The highest BCUT2D eigenvalue weighted by Gasteiger charge is 2.46. The molecule has 0 unspecified atom stereocenters. The highest BCUT2D eigenvalue weighted by molar-refractivity contribution is 5.83. The normalized spacial score (nSPS) is 14.6. The van der Waals surface area contributed by atoms with Gasteiger partial charge in [-0.05, 0) is 58.0 Å². The van der Waals surface area contributed by atoms with Crippen LogP contribution < -0.4 is 10.1 Å². The van der Waals surface area contributed by atoms with Gasteiger partial charge >= 0.3 is 5.97 Å². The van der Waals surface area contributed by atoms with Crippen molar-refractivity contribution in [1.29, 1.82) is 0 Å².